The number of carbonyl (C=O) groups is 1. The number of anilines is 1. The van der Waals surface area contributed by atoms with E-state index in [1.54, 1.807) is 17.4 Å². The number of para-hydroxylation sites is 2. The number of likely N-dealkylation sites (tertiary alicyclic amines) is 1. The summed E-state index contributed by atoms with van der Waals surface area (Å²) in [7, 11) is 4.18. The van der Waals surface area contributed by atoms with E-state index in [1.807, 2.05) is 42.5 Å². The van der Waals surface area contributed by atoms with Gasteiger partial charge in [-0.05, 0) is 81.3 Å². The molecule has 2 aromatic carbocycles. The van der Waals surface area contributed by atoms with Gasteiger partial charge in [0, 0.05) is 29.9 Å². The predicted octanol–water partition coefficient (Wildman–Crippen LogP) is 5.06. The molecule has 1 aliphatic rings. The van der Waals surface area contributed by atoms with Gasteiger partial charge in [0.15, 0.2) is 0 Å². The van der Waals surface area contributed by atoms with E-state index < -0.39 is 0 Å². The fourth-order valence-electron chi connectivity index (χ4n) is 5.23. The highest BCUT2D eigenvalue weighted by Gasteiger charge is 2.38. The summed E-state index contributed by atoms with van der Waals surface area (Å²) >= 11 is 1.69. The van der Waals surface area contributed by atoms with E-state index in [0.717, 1.165) is 51.0 Å². The van der Waals surface area contributed by atoms with E-state index in [0.29, 0.717) is 18.0 Å². The number of nitrogens with zero attached hydrogens (tertiary/aromatic N) is 2. The van der Waals surface area contributed by atoms with E-state index >= 15 is 0 Å². The van der Waals surface area contributed by atoms with Crippen LogP contribution in [0.4, 0.5) is 5.69 Å². The number of aromatic hydroxyl groups is 1. The molecule has 0 spiro atoms. The lowest BCUT2D eigenvalue weighted by molar-refractivity contribution is -0.118. The van der Waals surface area contributed by atoms with Crippen LogP contribution in [0.1, 0.15) is 42.7 Å². The molecule has 1 fully saturated rings. The van der Waals surface area contributed by atoms with E-state index in [1.165, 1.54) is 4.88 Å². The van der Waals surface area contributed by atoms with Crippen LogP contribution < -0.4 is 15.4 Å². The molecule has 8 heteroatoms. The maximum atomic E-state index is 13.1. The normalized spacial score (nSPS) is 16.3. The van der Waals surface area contributed by atoms with Gasteiger partial charge in [0.2, 0.25) is 5.91 Å². The van der Waals surface area contributed by atoms with E-state index in [9.17, 15) is 9.90 Å². The van der Waals surface area contributed by atoms with E-state index in [-0.39, 0.29) is 23.3 Å². The molecule has 0 radical (unpaired) electrons. The van der Waals surface area contributed by atoms with Crippen molar-refractivity contribution in [3.63, 3.8) is 0 Å². The average molecular weight is 537 g/mol. The minimum Gasteiger partial charge on any atom is -0.508 e. The maximum Gasteiger partial charge on any atom is 0.238 e. The van der Waals surface area contributed by atoms with Crippen LogP contribution in [-0.4, -0.2) is 67.6 Å². The van der Waals surface area contributed by atoms with Crippen molar-refractivity contribution >= 4 is 22.9 Å². The number of amides is 1. The molecule has 0 aliphatic carbocycles. The molecule has 4 rings (SSSR count). The summed E-state index contributed by atoms with van der Waals surface area (Å²) in [6.45, 7) is 5.80. The lowest BCUT2D eigenvalue weighted by Crippen LogP contribution is -2.51. The number of hydrogen-bond acceptors (Lipinski definition) is 7. The fourth-order valence-corrected chi connectivity index (χ4v) is 6.02. The van der Waals surface area contributed by atoms with E-state index in [4.69, 9.17) is 4.74 Å². The molecule has 2 heterocycles. The number of hydrogen-bond donors (Lipinski definition) is 3. The number of benzene rings is 2. The Morgan fingerprint density at radius 2 is 1.92 bits per heavy atom. The van der Waals surface area contributed by atoms with Gasteiger partial charge in [-0.1, -0.05) is 37.3 Å². The molecule has 0 unspecified atom stereocenters. The van der Waals surface area contributed by atoms with Crippen molar-refractivity contribution < 1.29 is 14.6 Å². The van der Waals surface area contributed by atoms with Gasteiger partial charge < -0.3 is 20.5 Å². The first kappa shape index (κ1) is 28.1. The highest BCUT2D eigenvalue weighted by molar-refractivity contribution is 7.10. The minimum atomic E-state index is -0.157. The summed E-state index contributed by atoms with van der Waals surface area (Å²) in [6.07, 6.45) is 2.53. The van der Waals surface area contributed by atoms with Crippen LogP contribution in [0.2, 0.25) is 0 Å². The third kappa shape index (κ3) is 6.94. The van der Waals surface area contributed by atoms with Gasteiger partial charge in [0.25, 0.3) is 0 Å². The van der Waals surface area contributed by atoms with Gasteiger partial charge in [0.05, 0.1) is 12.2 Å². The Morgan fingerprint density at radius 3 is 2.61 bits per heavy atom. The first-order chi connectivity index (χ1) is 18.4. The number of phenols is 1. The van der Waals surface area contributed by atoms with Crippen molar-refractivity contribution in [3.05, 3.63) is 76.5 Å². The van der Waals surface area contributed by atoms with Crippen molar-refractivity contribution in [3.8, 4) is 11.5 Å². The molecule has 0 bridgehead atoms. The number of piperidine rings is 1. The van der Waals surface area contributed by atoms with Gasteiger partial charge in [-0.15, -0.1) is 11.3 Å². The SMILES string of the molecule is CCNCC[C@@H](Oc1ccccc1NC(=O)CN1CCC(c2cccc(O)c2)(N(C)C)CC1)c1cccs1. The highest BCUT2D eigenvalue weighted by Crippen LogP contribution is 2.38. The fraction of sp³-hybridized carbons (Fsp3) is 0.433. The Balaban J connectivity index is 1.38. The predicted molar refractivity (Wildman–Crippen MR) is 155 cm³/mol. The number of nitrogens with one attached hydrogen (secondary N) is 2. The number of thiophene rings is 1. The molecule has 0 saturated carbocycles. The zero-order valence-electron chi connectivity index (χ0n) is 22.7. The first-order valence-electron chi connectivity index (χ1n) is 13.4. The molecule has 38 heavy (non-hydrogen) atoms. The molecule has 1 aromatic heterocycles. The second kappa shape index (κ2) is 13.2. The van der Waals surface area contributed by atoms with Gasteiger partial charge in [-0.2, -0.15) is 0 Å². The van der Waals surface area contributed by atoms with Crippen LogP contribution >= 0.6 is 11.3 Å². The standard InChI is InChI=1S/C30H40N4O3S/c1-4-31-17-14-27(28-13-8-20-38-28)37-26-12-6-5-11-25(26)32-29(36)22-34-18-15-30(16-19-34,33(2)3)23-9-7-10-24(35)21-23/h5-13,20-21,27,31,35H,4,14-19,22H2,1-3H3,(H,32,36)/t27-/m1/s1. The lowest BCUT2D eigenvalue weighted by Gasteiger charge is -2.46. The molecule has 1 atom stereocenters. The average Bonchev–Trinajstić information content (AvgIpc) is 3.45. The summed E-state index contributed by atoms with van der Waals surface area (Å²) in [5.41, 5.74) is 1.66. The van der Waals surface area contributed by atoms with Crippen LogP contribution in [0.15, 0.2) is 66.0 Å². The third-order valence-electron chi connectivity index (χ3n) is 7.41. The van der Waals surface area contributed by atoms with Crippen LogP contribution in [0.5, 0.6) is 11.5 Å². The summed E-state index contributed by atoms with van der Waals surface area (Å²) in [4.78, 5) is 18.7. The minimum absolute atomic E-state index is 0.0453. The topological polar surface area (TPSA) is 77.1 Å². The maximum absolute atomic E-state index is 13.1. The second-order valence-electron chi connectivity index (χ2n) is 10.1. The van der Waals surface area contributed by atoms with Crippen molar-refractivity contribution in [1.29, 1.82) is 0 Å². The summed E-state index contributed by atoms with van der Waals surface area (Å²) in [6, 6.07) is 19.4. The van der Waals surface area contributed by atoms with Crippen LogP contribution in [0, 0.1) is 0 Å². The molecule has 1 amide bonds. The Bertz CT molecular complexity index is 1160. The quantitative estimate of drug-likeness (QED) is 0.281. The Morgan fingerprint density at radius 1 is 1.13 bits per heavy atom. The van der Waals surface area contributed by atoms with Gasteiger partial charge in [0.1, 0.15) is 17.6 Å². The third-order valence-corrected chi connectivity index (χ3v) is 8.38. The molecular formula is C30H40N4O3S. The largest absolute Gasteiger partial charge is 0.508 e. The molecule has 3 N–H and O–H groups in total. The van der Waals surface area contributed by atoms with Gasteiger partial charge in [-0.25, -0.2) is 0 Å². The van der Waals surface area contributed by atoms with Crippen molar-refractivity contribution in [1.82, 2.24) is 15.1 Å². The van der Waals surface area contributed by atoms with Crippen LogP contribution in [0.3, 0.4) is 0 Å². The Kier molecular flexibility index (Phi) is 9.80. The Hall–Kier alpha value is -2.91. The van der Waals surface area contributed by atoms with Crippen molar-refractivity contribution in [2.24, 2.45) is 0 Å². The number of carbonyl (C=O) groups excluding carboxylic acids is 1. The summed E-state index contributed by atoms with van der Waals surface area (Å²) in [5, 5.41) is 18.6. The molecule has 1 saturated heterocycles. The molecule has 7 nitrogen and oxygen atoms in total. The molecular weight excluding hydrogens is 496 g/mol. The van der Waals surface area contributed by atoms with Crippen LogP contribution in [0.25, 0.3) is 0 Å². The number of ether oxygens (including phenoxy) is 1. The molecule has 1 aliphatic heterocycles. The summed E-state index contributed by atoms with van der Waals surface area (Å²) in [5.74, 6) is 0.926. The Labute approximate surface area is 230 Å². The summed E-state index contributed by atoms with van der Waals surface area (Å²) < 4.78 is 6.46. The second-order valence-corrected chi connectivity index (χ2v) is 11.0. The van der Waals surface area contributed by atoms with Gasteiger partial charge >= 0.3 is 0 Å². The lowest BCUT2D eigenvalue weighted by atomic mass is 9.79. The van der Waals surface area contributed by atoms with Gasteiger partial charge in [-0.3, -0.25) is 14.6 Å². The smallest absolute Gasteiger partial charge is 0.238 e. The first-order valence-corrected chi connectivity index (χ1v) is 14.3. The highest BCUT2D eigenvalue weighted by atomic mass is 32.1. The van der Waals surface area contributed by atoms with Crippen LogP contribution in [-0.2, 0) is 10.3 Å². The van der Waals surface area contributed by atoms with Crippen molar-refractivity contribution in [2.45, 2.75) is 37.8 Å². The zero-order valence-corrected chi connectivity index (χ0v) is 23.5. The number of rotatable bonds is 12. The zero-order chi connectivity index (χ0) is 27.0. The monoisotopic (exact) mass is 536 g/mol. The van der Waals surface area contributed by atoms with Crippen molar-refractivity contribution in [2.75, 3.05) is 52.1 Å². The van der Waals surface area contributed by atoms with E-state index in [2.05, 4.69) is 59.0 Å². The molecule has 3 aromatic rings. The molecule has 204 valence electrons. The number of phenolic OH excluding ortho intramolecular Hbond substituents is 1.